The number of nitrogens with zero attached hydrogens (tertiary/aromatic N) is 3. The summed E-state index contributed by atoms with van der Waals surface area (Å²) in [6.45, 7) is 1.92. The van der Waals surface area contributed by atoms with Crippen LogP contribution in [0.25, 0.3) is 0 Å². The maximum absolute atomic E-state index is 10.6. The molecule has 0 unspecified atom stereocenters. The summed E-state index contributed by atoms with van der Waals surface area (Å²) in [5, 5.41) is 22.3. The highest BCUT2D eigenvalue weighted by Gasteiger charge is 2.15. The molecule has 10 heteroatoms. The van der Waals surface area contributed by atoms with Gasteiger partial charge in [0, 0.05) is 24.2 Å². The van der Waals surface area contributed by atoms with Crippen molar-refractivity contribution in [3.05, 3.63) is 40.0 Å². The summed E-state index contributed by atoms with van der Waals surface area (Å²) >= 11 is 7.15. The fourth-order valence-electron chi connectivity index (χ4n) is 2.05. The molecule has 0 fully saturated rings. The van der Waals surface area contributed by atoms with Gasteiger partial charge >= 0.3 is 0 Å². The lowest BCUT2D eigenvalue weighted by Gasteiger charge is -2.18. The molecule has 1 aliphatic carbocycles. The van der Waals surface area contributed by atoms with Crippen molar-refractivity contribution in [1.29, 1.82) is 0 Å². The largest absolute Gasteiger partial charge is 0.409 e. The molecule has 0 bridgehead atoms. The van der Waals surface area contributed by atoms with E-state index in [2.05, 4.69) is 31.5 Å². The van der Waals surface area contributed by atoms with Crippen LogP contribution in [0.1, 0.15) is 23.7 Å². The van der Waals surface area contributed by atoms with Crippen LogP contribution in [-0.4, -0.2) is 39.6 Å². The molecular weight excluding hydrogens is 366 g/mol. The first-order chi connectivity index (χ1) is 12.0. The van der Waals surface area contributed by atoms with Crippen molar-refractivity contribution in [3.8, 4) is 0 Å². The third kappa shape index (κ3) is 5.36. The number of fused-ring (bicyclic) bond motifs is 1. The van der Waals surface area contributed by atoms with Crippen molar-refractivity contribution < 1.29 is 14.6 Å². The number of oxime groups is 1. The smallest absolute Gasteiger partial charge is 0.216 e. The number of amidine groups is 1. The lowest BCUT2D eigenvalue weighted by molar-refractivity contribution is -0.118. The van der Waals surface area contributed by atoms with E-state index in [4.69, 9.17) is 22.5 Å². The summed E-state index contributed by atoms with van der Waals surface area (Å²) in [6.07, 6.45) is 2.39. The molecule has 8 nitrogen and oxygen atoms in total. The van der Waals surface area contributed by atoms with Crippen LogP contribution in [0.5, 0.6) is 0 Å². The first-order valence-electron chi connectivity index (χ1n) is 7.47. The van der Waals surface area contributed by atoms with Gasteiger partial charge in [0.05, 0.1) is 0 Å². The third-order valence-corrected chi connectivity index (χ3v) is 4.69. The van der Waals surface area contributed by atoms with E-state index in [1.54, 1.807) is 0 Å². The number of thioether (sulfide) groups is 1. The van der Waals surface area contributed by atoms with E-state index >= 15 is 0 Å². The van der Waals surface area contributed by atoms with Crippen molar-refractivity contribution in [1.82, 2.24) is 15.6 Å². The van der Waals surface area contributed by atoms with E-state index < -0.39 is 0 Å². The number of aromatic nitrogens is 2. The molecule has 25 heavy (non-hydrogen) atoms. The molecule has 2 aromatic rings. The molecule has 0 aliphatic heterocycles. The van der Waals surface area contributed by atoms with Gasteiger partial charge in [-0.1, -0.05) is 40.7 Å². The first kappa shape index (κ1) is 19.1. The number of hydrogen-bond acceptors (Lipinski definition) is 7. The monoisotopic (exact) mass is 383 g/mol. The normalized spacial score (nSPS) is 12.5. The highest BCUT2D eigenvalue weighted by molar-refractivity contribution is 7.99. The first-order valence-corrected chi connectivity index (χ1v) is 8.83. The van der Waals surface area contributed by atoms with Gasteiger partial charge in [0.15, 0.2) is 16.6 Å². The maximum atomic E-state index is 10.6. The van der Waals surface area contributed by atoms with Crippen molar-refractivity contribution in [3.63, 3.8) is 0 Å². The fourth-order valence-corrected chi connectivity index (χ4v) is 3.10. The number of carbonyl (C=O) groups is 1. The highest BCUT2D eigenvalue weighted by Crippen LogP contribution is 2.29. The minimum absolute atomic E-state index is 0.101. The molecule has 0 spiro atoms. The predicted molar refractivity (Wildman–Crippen MR) is 95.1 cm³/mol. The van der Waals surface area contributed by atoms with Crippen molar-refractivity contribution in [2.75, 3.05) is 12.3 Å². The van der Waals surface area contributed by atoms with Crippen molar-refractivity contribution in [2.45, 2.75) is 24.8 Å². The van der Waals surface area contributed by atoms with Crippen molar-refractivity contribution >= 4 is 35.1 Å². The van der Waals surface area contributed by atoms with Crippen LogP contribution in [-0.2, 0) is 17.6 Å². The van der Waals surface area contributed by atoms with Gasteiger partial charge in [0.2, 0.25) is 5.91 Å². The Morgan fingerprint density at radius 3 is 2.84 bits per heavy atom. The van der Waals surface area contributed by atoms with E-state index in [9.17, 15) is 4.79 Å². The number of benzene rings is 1. The van der Waals surface area contributed by atoms with Gasteiger partial charge in [-0.25, -0.2) is 4.63 Å². The second-order valence-electron chi connectivity index (χ2n) is 5.11. The Balaban J connectivity index is 0.000000208. The summed E-state index contributed by atoms with van der Waals surface area (Å²) < 4.78 is 4.47. The molecule has 1 aromatic carbocycles. The Bertz CT molecular complexity index is 751. The molecule has 3 rings (SSSR count). The number of carbonyl (C=O) groups excluding carboxylic acids is 1. The van der Waals surface area contributed by atoms with E-state index in [0.717, 1.165) is 5.02 Å². The number of aryl methyl sites for hydroxylation is 1. The van der Waals surface area contributed by atoms with Gasteiger partial charge < -0.3 is 16.3 Å². The zero-order valence-electron chi connectivity index (χ0n) is 13.5. The molecule has 1 heterocycles. The number of hydrogen-bond donors (Lipinski definition) is 3. The molecular formula is C15H18ClN5O3S. The van der Waals surface area contributed by atoms with Gasteiger partial charge in [-0.3, -0.25) is 4.79 Å². The topological polar surface area (TPSA) is 127 Å². The van der Waals surface area contributed by atoms with Crippen LogP contribution in [0.2, 0.25) is 5.02 Å². The van der Waals surface area contributed by atoms with Gasteiger partial charge in [0.1, 0.15) is 0 Å². The van der Waals surface area contributed by atoms with Crippen LogP contribution in [0.15, 0.2) is 33.0 Å². The van der Waals surface area contributed by atoms with E-state index in [1.807, 2.05) is 12.1 Å². The Morgan fingerprint density at radius 2 is 2.28 bits per heavy atom. The molecule has 0 saturated heterocycles. The van der Waals surface area contributed by atoms with E-state index in [1.165, 1.54) is 42.7 Å². The summed E-state index contributed by atoms with van der Waals surface area (Å²) in [7, 11) is 0. The second kappa shape index (κ2) is 9.28. The van der Waals surface area contributed by atoms with Gasteiger partial charge in [-0.15, -0.1) is 0 Å². The van der Waals surface area contributed by atoms with Crippen LogP contribution >= 0.6 is 23.4 Å². The lowest BCUT2D eigenvalue weighted by atomic mass is 9.89. The number of rotatable bonds is 5. The lowest BCUT2D eigenvalue weighted by Crippen LogP contribution is -2.22. The van der Waals surface area contributed by atoms with Crippen LogP contribution in [0.4, 0.5) is 0 Å². The Labute approximate surface area is 153 Å². The van der Waals surface area contributed by atoms with E-state index in [-0.39, 0.29) is 17.4 Å². The zero-order chi connectivity index (χ0) is 18.2. The fraction of sp³-hybridized carbons (Fsp3) is 0.333. The number of nitrogens with one attached hydrogen (secondary N) is 1. The summed E-state index contributed by atoms with van der Waals surface area (Å²) in [6, 6.07) is 6.12. The molecule has 0 atom stereocenters. The highest BCUT2D eigenvalue weighted by atomic mass is 35.5. The van der Waals surface area contributed by atoms with Crippen LogP contribution < -0.4 is 11.1 Å². The van der Waals surface area contributed by atoms with Gasteiger partial charge in [-0.2, -0.15) is 0 Å². The molecule has 1 aromatic heterocycles. The third-order valence-electron chi connectivity index (χ3n) is 3.38. The molecule has 4 N–H and O–H groups in total. The van der Waals surface area contributed by atoms with Crippen LogP contribution in [0.3, 0.4) is 0 Å². The summed E-state index contributed by atoms with van der Waals surface area (Å²) in [5.74, 6) is 0.318. The second-order valence-corrected chi connectivity index (χ2v) is 6.60. The molecule has 134 valence electrons. The van der Waals surface area contributed by atoms with E-state index in [0.29, 0.717) is 17.3 Å². The Hall–Kier alpha value is -2.26. The quantitative estimate of drug-likeness (QED) is 0.179. The number of amides is 1. The zero-order valence-corrected chi connectivity index (χ0v) is 15.1. The minimum atomic E-state index is -0.164. The van der Waals surface area contributed by atoms with Gasteiger partial charge in [-0.05, 0) is 40.3 Å². The SMILES string of the molecule is CC(=O)NCCSc1nonc1/C(N)=N/O.Clc1cccc2c1CC2. The van der Waals surface area contributed by atoms with Crippen molar-refractivity contribution in [2.24, 2.45) is 10.9 Å². The summed E-state index contributed by atoms with van der Waals surface area (Å²) in [4.78, 5) is 10.6. The average Bonchev–Trinajstić information content (AvgIpc) is 3.01. The molecule has 1 aliphatic rings. The molecule has 0 saturated carbocycles. The maximum Gasteiger partial charge on any atom is 0.216 e. The summed E-state index contributed by atoms with van der Waals surface area (Å²) in [5.41, 5.74) is 8.33. The standard InChI is InChI=1S/C8H7Cl.C7H11N5O3S/c9-8-3-1-2-6-4-5-7(6)8;1-4(13)9-2-3-16-7-5(6(8)10-14)11-15-12-7/h1-3H,4-5H2;14H,2-3H2,1H3,(H2,8,10)(H,9,13). The van der Waals surface area contributed by atoms with Crippen LogP contribution in [0, 0.1) is 0 Å². The molecule has 0 radical (unpaired) electrons. The van der Waals surface area contributed by atoms with Gasteiger partial charge in [0.25, 0.3) is 0 Å². The predicted octanol–water partition coefficient (Wildman–Crippen LogP) is 1.83. The Morgan fingerprint density at radius 1 is 1.48 bits per heavy atom. The average molecular weight is 384 g/mol. The Kier molecular flexibility index (Phi) is 7.08. The minimum Gasteiger partial charge on any atom is -0.409 e. The number of nitrogens with two attached hydrogens (primary N) is 1. The molecule has 1 amide bonds. The number of halogens is 1.